The average Bonchev–Trinajstić information content (AvgIpc) is 3.08. The zero-order chi connectivity index (χ0) is 18.6. The molecular formula is C19H20N2O4S. The molecule has 0 bridgehead atoms. The number of nitrogens with one attached hydrogen (secondary N) is 1. The first-order chi connectivity index (χ1) is 12.5. The maximum Gasteiger partial charge on any atom is 0.233 e. The Hall–Kier alpha value is -2.64. The van der Waals surface area contributed by atoms with E-state index in [1.807, 2.05) is 37.3 Å². The van der Waals surface area contributed by atoms with Crippen LogP contribution in [-0.2, 0) is 14.6 Å². The first kappa shape index (κ1) is 18.2. The van der Waals surface area contributed by atoms with Crippen LogP contribution in [0, 0.1) is 6.92 Å². The molecule has 0 amide bonds. The minimum Gasteiger partial charge on any atom is -0.419 e. The number of benzene rings is 2. The molecular weight excluding hydrogens is 352 g/mol. The minimum atomic E-state index is -3.82. The SMILES string of the molecule is COCCNc1oc(-c2ccccc2)nc1S(=O)(=O)c1ccc(C)cc1. The number of methoxy groups -OCH3 is 1. The summed E-state index contributed by atoms with van der Waals surface area (Å²) in [4.78, 5) is 4.44. The Morgan fingerprint density at radius 2 is 1.77 bits per heavy atom. The van der Waals surface area contributed by atoms with E-state index in [0.29, 0.717) is 18.7 Å². The summed E-state index contributed by atoms with van der Waals surface area (Å²) in [7, 11) is -2.25. The molecule has 26 heavy (non-hydrogen) atoms. The molecule has 1 heterocycles. The number of aryl methyl sites for hydroxylation is 1. The van der Waals surface area contributed by atoms with Gasteiger partial charge in [-0.3, -0.25) is 0 Å². The monoisotopic (exact) mass is 372 g/mol. The topological polar surface area (TPSA) is 81.4 Å². The van der Waals surface area contributed by atoms with Crippen molar-refractivity contribution in [3.05, 3.63) is 60.2 Å². The van der Waals surface area contributed by atoms with E-state index >= 15 is 0 Å². The number of hydrogen-bond acceptors (Lipinski definition) is 6. The Morgan fingerprint density at radius 3 is 2.42 bits per heavy atom. The molecule has 136 valence electrons. The van der Waals surface area contributed by atoms with Gasteiger partial charge in [-0.05, 0) is 31.2 Å². The van der Waals surface area contributed by atoms with E-state index in [4.69, 9.17) is 9.15 Å². The molecule has 0 saturated carbocycles. The second-order valence-electron chi connectivity index (χ2n) is 5.76. The molecule has 3 rings (SSSR count). The summed E-state index contributed by atoms with van der Waals surface area (Å²) in [5.74, 6) is 0.359. The molecule has 0 saturated heterocycles. The highest BCUT2D eigenvalue weighted by Crippen LogP contribution is 2.32. The van der Waals surface area contributed by atoms with Crippen molar-refractivity contribution in [3.63, 3.8) is 0 Å². The molecule has 0 unspecified atom stereocenters. The molecule has 0 atom stereocenters. The van der Waals surface area contributed by atoms with E-state index in [0.717, 1.165) is 5.56 Å². The first-order valence-corrected chi connectivity index (χ1v) is 9.61. The molecule has 0 aliphatic rings. The zero-order valence-electron chi connectivity index (χ0n) is 14.6. The van der Waals surface area contributed by atoms with E-state index in [9.17, 15) is 8.42 Å². The van der Waals surface area contributed by atoms with E-state index in [1.54, 1.807) is 31.4 Å². The third kappa shape index (κ3) is 3.79. The smallest absolute Gasteiger partial charge is 0.233 e. The van der Waals surface area contributed by atoms with Crippen molar-refractivity contribution < 1.29 is 17.6 Å². The molecule has 6 nitrogen and oxygen atoms in total. The van der Waals surface area contributed by atoms with Crippen LogP contribution < -0.4 is 5.32 Å². The van der Waals surface area contributed by atoms with Crippen molar-refractivity contribution in [1.82, 2.24) is 4.98 Å². The Labute approximate surface area is 152 Å². The summed E-state index contributed by atoms with van der Waals surface area (Å²) in [6.45, 7) is 2.71. The summed E-state index contributed by atoms with van der Waals surface area (Å²) >= 11 is 0. The molecule has 7 heteroatoms. The van der Waals surface area contributed by atoms with Crippen molar-refractivity contribution in [2.24, 2.45) is 0 Å². The predicted octanol–water partition coefficient (Wildman–Crippen LogP) is 3.54. The van der Waals surface area contributed by atoms with Crippen LogP contribution in [0.1, 0.15) is 5.56 Å². The quantitative estimate of drug-likeness (QED) is 0.639. The Morgan fingerprint density at radius 1 is 1.08 bits per heavy atom. The van der Waals surface area contributed by atoms with Gasteiger partial charge in [-0.15, -0.1) is 0 Å². The largest absolute Gasteiger partial charge is 0.419 e. The van der Waals surface area contributed by atoms with E-state index < -0.39 is 9.84 Å². The fourth-order valence-electron chi connectivity index (χ4n) is 2.40. The standard InChI is InChI=1S/C19H20N2O4S/c1-14-8-10-16(11-9-14)26(22,23)19-18(20-12-13-24-2)25-17(21-19)15-6-4-3-5-7-15/h3-11,20H,12-13H2,1-2H3. The molecule has 0 fully saturated rings. The molecule has 0 radical (unpaired) electrons. The highest BCUT2D eigenvalue weighted by Gasteiger charge is 2.28. The maximum atomic E-state index is 13.0. The average molecular weight is 372 g/mol. The summed E-state index contributed by atoms with van der Waals surface area (Å²) in [6, 6.07) is 15.8. The lowest BCUT2D eigenvalue weighted by Gasteiger charge is -2.06. The number of aromatic nitrogens is 1. The fraction of sp³-hybridized carbons (Fsp3) is 0.211. The van der Waals surface area contributed by atoms with E-state index in [1.165, 1.54) is 0 Å². The van der Waals surface area contributed by atoms with Crippen molar-refractivity contribution in [2.45, 2.75) is 16.8 Å². The third-order valence-corrected chi connectivity index (χ3v) is 5.47. The molecule has 1 aromatic heterocycles. The van der Waals surface area contributed by atoms with E-state index in [2.05, 4.69) is 10.3 Å². The van der Waals surface area contributed by atoms with Crippen LogP contribution in [0.2, 0.25) is 0 Å². The number of ether oxygens (including phenoxy) is 1. The highest BCUT2D eigenvalue weighted by atomic mass is 32.2. The first-order valence-electron chi connectivity index (χ1n) is 8.13. The van der Waals surface area contributed by atoms with Gasteiger partial charge in [-0.25, -0.2) is 8.42 Å². The van der Waals surface area contributed by atoms with E-state index in [-0.39, 0.29) is 21.7 Å². The van der Waals surface area contributed by atoms with Gasteiger partial charge in [0.2, 0.25) is 26.6 Å². The van der Waals surface area contributed by atoms with Crippen LogP contribution in [-0.4, -0.2) is 33.7 Å². The van der Waals surface area contributed by atoms with Gasteiger partial charge in [0.15, 0.2) is 0 Å². The summed E-state index contributed by atoms with van der Waals surface area (Å²) in [5, 5.41) is 2.83. The van der Waals surface area contributed by atoms with Crippen molar-refractivity contribution >= 4 is 15.7 Å². The predicted molar refractivity (Wildman–Crippen MR) is 98.9 cm³/mol. The molecule has 0 aliphatic carbocycles. The lowest BCUT2D eigenvalue weighted by molar-refractivity contribution is 0.210. The number of nitrogens with zero attached hydrogens (tertiary/aromatic N) is 1. The Bertz CT molecular complexity index is 965. The van der Waals surface area contributed by atoms with Crippen LogP contribution in [0.3, 0.4) is 0 Å². The van der Waals surface area contributed by atoms with Gasteiger partial charge in [0.05, 0.1) is 11.5 Å². The molecule has 1 N–H and O–H groups in total. The number of sulfone groups is 1. The molecule has 0 spiro atoms. The number of oxazole rings is 1. The van der Waals surface area contributed by atoms with Gasteiger partial charge in [-0.2, -0.15) is 4.98 Å². The summed E-state index contributed by atoms with van der Waals surface area (Å²) < 4.78 is 36.8. The normalized spacial score (nSPS) is 11.5. The number of hydrogen-bond donors (Lipinski definition) is 1. The molecule has 0 aliphatic heterocycles. The van der Waals surface area contributed by atoms with Gasteiger partial charge in [-0.1, -0.05) is 35.9 Å². The second-order valence-corrected chi connectivity index (χ2v) is 7.62. The number of anilines is 1. The fourth-order valence-corrected chi connectivity index (χ4v) is 3.68. The molecule has 2 aromatic carbocycles. The van der Waals surface area contributed by atoms with Gasteiger partial charge in [0, 0.05) is 19.2 Å². The summed E-state index contributed by atoms with van der Waals surface area (Å²) in [6.07, 6.45) is 0. The van der Waals surface area contributed by atoms with Crippen LogP contribution in [0.5, 0.6) is 0 Å². The Kier molecular flexibility index (Phi) is 5.39. The minimum absolute atomic E-state index is 0.112. The van der Waals surface area contributed by atoms with Gasteiger partial charge < -0.3 is 14.5 Å². The second kappa shape index (κ2) is 7.72. The molecule has 3 aromatic rings. The van der Waals surface area contributed by atoms with Gasteiger partial charge in [0.25, 0.3) is 0 Å². The zero-order valence-corrected chi connectivity index (χ0v) is 15.4. The number of rotatable bonds is 7. The highest BCUT2D eigenvalue weighted by molar-refractivity contribution is 7.91. The lowest BCUT2D eigenvalue weighted by Crippen LogP contribution is -2.11. The van der Waals surface area contributed by atoms with Crippen LogP contribution >= 0.6 is 0 Å². The van der Waals surface area contributed by atoms with Crippen molar-refractivity contribution in [1.29, 1.82) is 0 Å². The van der Waals surface area contributed by atoms with Gasteiger partial charge in [0.1, 0.15) is 0 Å². The van der Waals surface area contributed by atoms with Crippen LogP contribution in [0.4, 0.5) is 5.88 Å². The lowest BCUT2D eigenvalue weighted by atomic mass is 10.2. The maximum absolute atomic E-state index is 13.0. The third-order valence-electron chi connectivity index (χ3n) is 3.79. The summed E-state index contributed by atoms with van der Waals surface area (Å²) in [5.41, 5.74) is 1.68. The van der Waals surface area contributed by atoms with Crippen molar-refractivity contribution in [3.8, 4) is 11.5 Å². The van der Waals surface area contributed by atoms with Gasteiger partial charge >= 0.3 is 0 Å². The van der Waals surface area contributed by atoms with Crippen LogP contribution in [0.15, 0.2) is 68.9 Å². The Balaban J connectivity index is 2.06. The van der Waals surface area contributed by atoms with Crippen molar-refractivity contribution in [2.75, 3.05) is 25.6 Å². The van der Waals surface area contributed by atoms with Crippen LogP contribution in [0.25, 0.3) is 11.5 Å².